The van der Waals surface area contributed by atoms with E-state index in [1.54, 1.807) is 0 Å². The van der Waals surface area contributed by atoms with Crippen LogP contribution in [0, 0.1) is 11.8 Å². The Morgan fingerprint density at radius 3 is 3.06 bits per heavy atom. The first-order chi connectivity index (χ1) is 8.75. The molecule has 100 valence electrons. The largest absolute Gasteiger partial charge is 0.356 e. The Hall–Kier alpha value is -1.09. The average molecular weight is 247 g/mol. The summed E-state index contributed by atoms with van der Waals surface area (Å²) in [5, 5.41) is 3.58. The molecule has 0 amide bonds. The van der Waals surface area contributed by atoms with Gasteiger partial charge in [0.15, 0.2) is 0 Å². The molecular weight excluding hydrogens is 222 g/mol. The molecule has 1 aliphatic heterocycles. The normalized spacial score (nSPS) is 20.4. The fraction of sp³-hybridized carbons (Fsp3) is 0.667. The second-order valence-electron chi connectivity index (χ2n) is 5.69. The number of hydrogen-bond acceptors (Lipinski definition) is 3. The second kappa shape index (κ2) is 6.74. The van der Waals surface area contributed by atoms with Gasteiger partial charge in [-0.2, -0.15) is 0 Å². The lowest BCUT2D eigenvalue weighted by Crippen LogP contribution is -2.40. The van der Waals surface area contributed by atoms with E-state index in [0.717, 1.165) is 43.8 Å². The molecule has 0 radical (unpaired) electrons. The van der Waals surface area contributed by atoms with Crippen LogP contribution in [0.3, 0.4) is 0 Å². The van der Waals surface area contributed by atoms with Gasteiger partial charge in [-0.1, -0.05) is 19.9 Å². The molecule has 0 spiro atoms. The molecule has 3 heteroatoms. The Bertz CT molecular complexity index is 337. The van der Waals surface area contributed by atoms with E-state index in [-0.39, 0.29) is 0 Å². The molecule has 1 atom stereocenters. The zero-order valence-electron chi connectivity index (χ0n) is 11.6. The second-order valence-corrected chi connectivity index (χ2v) is 5.69. The Balaban J connectivity index is 1.81. The van der Waals surface area contributed by atoms with Crippen LogP contribution in [0.2, 0.25) is 0 Å². The summed E-state index contributed by atoms with van der Waals surface area (Å²) in [4.78, 5) is 6.87. The van der Waals surface area contributed by atoms with Crippen molar-refractivity contribution in [2.24, 2.45) is 11.8 Å². The van der Waals surface area contributed by atoms with E-state index in [9.17, 15) is 0 Å². The van der Waals surface area contributed by atoms with Crippen LogP contribution in [-0.2, 0) is 0 Å². The number of aromatic nitrogens is 1. The summed E-state index contributed by atoms with van der Waals surface area (Å²) in [6, 6.07) is 6.17. The highest BCUT2D eigenvalue weighted by molar-refractivity contribution is 5.38. The van der Waals surface area contributed by atoms with Crippen LogP contribution in [0.5, 0.6) is 0 Å². The van der Waals surface area contributed by atoms with E-state index in [1.807, 2.05) is 12.3 Å². The first-order valence-electron chi connectivity index (χ1n) is 7.12. The number of rotatable bonds is 5. The minimum Gasteiger partial charge on any atom is -0.356 e. The zero-order valence-corrected chi connectivity index (χ0v) is 11.6. The van der Waals surface area contributed by atoms with E-state index in [4.69, 9.17) is 0 Å². The fourth-order valence-electron chi connectivity index (χ4n) is 2.56. The maximum Gasteiger partial charge on any atom is 0.128 e. The van der Waals surface area contributed by atoms with Gasteiger partial charge in [-0.05, 0) is 49.9 Å². The molecule has 18 heavy (non-hydrogen) atoms. The predicted octanol–water partition coefficient (Wildman–Crippen LogP) is 2.54. The molecule has 0 aromatic carbocycles. The van der Waals surface area contributed by atoms with E-state index in [2.05, 4.69) is 41.2 Å². The van der Waals surface area contributed by atoms with E-state index in [0.29, 0.717) is 0 Å². The van der Waals surface area contributed by atoms with Crippen LogP contribution in [0.4, 0.5) is 5.82 Å². The van der Waals surface area contributed by atoms with Gasteiger partial charge in [0.05, 0.1) is 0 Å². The van der Waals surface area contributed by atoms with Gasteiger partial charge in [-0.3, -0.25) is 0 Å². The van der Waals surface area contributed by atoms with Crippen molar-refractivity contribution >= 4 is 5.82 Å². The number of pyridine rings is 1. The molecule has 1 aromatic rings. The van der Waals surface area contributed by atoms with Crippen molar-refractivity contribution in [2.45, 2.75) is 26.7 Å². The summed E-state index contributed by atoms with van der Waals surface area (Å²) >= 11 is 0. The predicted molar refractivity (Wildman–Crippen MR) is 76.9 cm³/mol. The Morgan fingerprint density at radius 2 is 2.33 bits per heavy atom. The topological polar surface area (TPSA) is 28.2 Å². The van der Waals surface area contributed by atoms with E-state index in [1.165, 1.54) is 12.8 Å². The maximum absolute atomic E-state index is 4.45. The van der Waals surface area contributed by atoms with Crippen molar-refractivity contribution in [2.75, 3.05) is 31.1 Å². The van der Waals surface area contributed by atoms with Gasteiger partial charge >= 0.3 is 0 Å². The standard InChI is InChI=1S/C15H25N3/c1-13(2)10-16-11-14-6-5-9-18(12-14)15-7-3-4-8-17-15/h3-4,7-8,13-14,16H,5-6,9-12H2,1-2H3. The highest BCUT2D eigenvalue weighted by Gasteiger charge is 2.20. The third-order valence-electron chi connectivity index (χ3n) is 3.48. The molecule has 2 rings (SSSR count). The quantitative estimate of drug-likeness (QED) is 0.866. The van der Waals surface area contributed by atoms with Crippen molar-refractivity contribution < 1.29 is 0 Å². The first kappa shape index (κ1) is 13.3. The summed E-state index contributed by atoms with van der Waals surface area (Å²) in [6.45, 7) is 9.07. The molecule has 1 aliphatic rings. The minimum atomic E-state index is 0.737. The molecule has 1 N–H and O–H groups in total. The number of piperidine rings is 1. The molecule has 0 bridgehead atoms. The van der Waals surface area contributed by atoms with Gasteiger partial charge < -0.3 is 10.2 Å². The zero-order chi connectivity index (χ0) is 12.8. The highest BCUT2D eigenvalue weighted by Crippen LogP contribution is 2.20. The van der Waals surface area contributed by atoms with Gasteiger partial charge in [0.25, 0.3) is 0 Å². The third-order valence-corrected chi connectivity index (χ3v) is 3.48. The third kappa shape index (κ3) is 3.98. The van der Waals surface area contributed by atoms with Gasteiger partial charge in [0.1, 0.15) is 5.82 Å². The van der Waals surface area contributed by atoms with Gasteiger partial charge in [-0.15, -0.1) is 0 Å². The molecular formula is C15H25N3. The monoisotopic (exact) mass is 247 g/mol. The maximum atomic E-state index is 4.45. The van der Waals surface area contributed by atoms with Gasteiger partial charge in [0.2, 0.25) is 0 Å². The summed E-state index contributed by atoms with van der Waals surface area (Å²) in [6.07, 6.45) is 4.51. The smallest absolute Gasteiger partial charge is 0.128 e. The molecule has 1 saturated heterocycles. The Kier molecular flexibility index (Phi) is 5.00. The lowest BCUT2D eigenvalue weighted by atomic mass is 9.98. The molecule has 1 unspecified atom stereocenters. The molecule has 0 saturated carbocycles. The summed E-state index contributed by atoms with van der Waals surface area (Å²) in [5.74, 6) is 2.63. The van der Waals surface area contributed by atoms with Crippen molar-refractivity contribution in [3.63, 3.8) is 0 Å². The number of nitrogens with one attached hydrogen (secondary N) is 1. The van der Waals surface area contributed by atoms with Crippen molar-refractivity contribution in [3.05, 3.63) is 24.4 Å². The summed E-state index contributed by atoms with van der Waals surface area (Å²) in [7, 11) is 0. The lowest BCUT2D eigenvalue weighted by molar-refractivity contribution is 0.381. The van der Waals surface area contributed by atoms with Crippen LogP contribution in [0.25, 0.3) is 0 Å². The van der Waals surface area contributed by atoms with Crippen LogP contribution < -0.4 is 10.2 Å². The lowest BCUT2D eigenvalue weighted by Gasteiger charge is -2.33. The fourth-order valence-corrected chi connectivity index (χ4v) is 2.56. The SMILES string of the molecule is CC(C)CNCC1CCCN(c2ccccn2)C1. The van der Waals surface area contributed by atoms with Crippen LogP contribution in [0.1, 0.15) is 26.7 Å². The van der Waals surface area contributed by atoms with Crippen LogP contribution in [-0.4, -0.2) is 31.2 Å². The van der Waals surface area contributed by atoms with E-state index < -0.39 is 0 Å². The van der Waals surface area contributed by atoms with Crippen molar-refractivity contribution in [3.8, 4) is 0 Å². The summed E-state index contributed by atoms with van der Waals surface area (Å²) in [5.41, 5.74) is 0. The van der Waals surface area contributed by atoms with Gasteiger partial charge in [0, 0.05) is 19.3 Å². The highest BCUT2D eigenvalue weighted by atomic mass is 15.2. The van der Waals surface area contributed by atoms with E-state index >= 15 is 0 Å². The van der Waals surface area contributed by atoms with Gasteiger partial charge in [-0.25, -0.2) is 4.98 Å². The molecule has 2 heterocycles. The van der Waals surface area contributed by atoms with Crippen LogP contribution >= 0.6 is 0 Å². The van der Waals surface area contributed by atoms with Crippen molar-refractivity contribution in [1.29, 1.82) is 0 Å². The average Bonchev–Trinajstić information content (AvgIpc) is 2.40. The Morgan fingerprint density at radius 1 is 1.44 bits per heavy atom. The molecule has 1 aromatic heterocycles. The first-order valence-corrected chi connectivity index (χ1v) is 7.12. The van der Waals surface area contributed by atoms with Crippen molar-refractivity contribution in [1.82, 2.24) is 10.3 Å². The molecule has 1 fully saturated rings. The number of nitrogens with zero attached hydrogens (tertiary/aromatic N) is 2. The number of hydrogen-bond donors (Lipinski definition) is 1. The Labute approximate surface area is 111 Å². The summed E-state index contributed by atoms with van der Waals surface area (Å²) < 4.78 is 0. The minimum absolute atomic E-state index is 0.737. The molecule has 0 aliphatic carbocycles. The van der Waals surface area contributed by atoms with Crippen LogP contribution in [0.15, 0.2) is 24.4 Å². The molecule has 3 nitrogen and oxygen atoms in total. The number of anilines is 1.